The molecule has 1 aliphatic rings. The number of rotatable bonds is 2. The molecular formula is C18H21F3N4O. The van der Waals surface area contributed by atoms with E-state index in [-0.39, 0.29) is 23.1 Å². The molecule has 0 aliphatic carbocycles. The van der Waals surface area contributed by atoms with Gasteiger partial charge in [0.05, 0.1) is 11.9 Å². The molecule has 0 saturated carbocycles. The lowest BCUT2D eigenvalue weighted by Gasteiger charge is -2.42. The molecule has 8 heteroatoms. The summed E-state index contributed by atoms with van der Waals surface area (Å²) in [5.74, 6) is -0.215. The predicted molar refractivity (Wildman–Crippen MR) is 90.8 cm³/mol. The molecule has 26 heavy (non-hydrogen) atoms. The van der Waals surface area contributed by atoms with Gasteiger partial charge in [0.25, 0.3) is 5.91 Å². The lowest BCUT2D eigenvalue weighted by molar-refractivity contribution is -0.142. The average Bonchev–Trinajstić information content (AvgIpc) is 3.07. The van der Waals surface area contributed by atoms with Gasteiger partial charge in [0.2, 0.25) is 0 Å². The van der Waals surface area contributed by atoms with Crippen LogP contribution < -0.4 is 5.73 Å². The standard InChI is InChI=1S/C18H21F3N4O/c1-17(2)11-24(9-7-14(17)22)16(26)12-4-3-5-13(10-12)25-15(6-8-23-25)18(19,20)21/h3-6,8,10,14H,7,9,11,22H2,1-2H3. The number of aromatic nitrogens is 2. The fourth-order valence-corrected chi connectivity index (χ4v) is 3.22. The summed E-state index contributed by atoms with van der Waals surface area (Å²) in [6, 6.07) is 7.01. The van der Waals surface area contributed by atoms with Crippen LogP contribution in [0.1, 0.15) is 36.3 Å². The topological polar surface area (TPSA) is 64.2 Å². The molecule has 3 rings (SSSR count). The van der Waals surface area contributed by atoms with E-state index in [9.17, 15) is 18.0 Å². The van der Waals surface area contributed by atoms with Gasteiger partial charge in [-0.3, -0.25) is 4.79 Å². The van der Waals surface area contributed by atoms with Crippen LogP contribution >= 0.6 is 0 Å². The van der Waals surface area contributed by atoms with Crippen molar-refractivity contribution in [2.75, 3.05) is 13.1 Å². The van der Waals surface area contributed by atoms with Crippen LogP contribution in [-0.2, 0) is 6.18 Å². The number of likely N-dealkylation sites (tertiary alicyclic amines) is 1. The van der Waals surface area contributed by atoms with Crippen LogP contribution in [0.3, 0.4) is 0 Å². The summed E-state index contributed by atoms with van der Waals surface area (Å²) >= 11 is 0. The Morgan fingerprint density at radius 1 is 1.31 bits per heavy atom. The van der Waals surface area contributed by atoms with E-state index in [2.05, 4.69) is 5.10 Å². The Morgan fingerprint density at radius 2 is 2.04 bits per heavy atom. The smallest absolute Gasteiger partial charge is 0.338 e. The number of hydrogen-bond donors (Lipinski definition) is 1. The first kappa shape index (κ1) is 18.4. The lowest BCUT2D eigenvalue weighted by Crippen LogP contribution is -2.54. The van der Waals surface area contributed by atoms with E-state index in [0.29, 0.717) is 25.1 Å². The summed E-state index contributed by atoms with van der Waals surface area (Å²) in [7, 11) is 0. The SMILES string of the molecule is CC1(C)CN(C(=O)c2cccc(-n3nccc3C(F)(F)F)c2)CCC1N. The molecule has 0 radical (unpaired) electrons. The summed E-state index contributed by atoms with van der Waals surface area (Å²) in [5.41, 5.74) is 5.54. The molecule has 1 aromatic carbocycles. The van der Waals surface area contributed by atoms with Crippen LogP contribution in [0, 0.1) is 5.41 Å². The summed E-state index contributed by atoms with van der Waals surface area (Å²) in [5, 5.41) is 3.75. The molecular weight excluding hydrogens is 345 g/mol. The summed E-state index contributed by atoms with van der Waals surface area (Å²) < 4.78 is 40.1. The van der Waals surface area contributed by atoms with Crippen molar-refractivity contribution in [3.8, 4) is 5.69 Å². The van der Waals surface area contributed by atoms with E-state index in [1.54, 1.807) is 17.0 Å². The first-order valence-corrected chi connectivity index (χ1v) is 8.36. The fourth-order valence-electron chi connectivity index (χ4n) is 3.22. The Balaban J connectivity index is 1.89. The maximum absolute atomic E-state index is 13.1. The van der Waals surface area contributed by atoms with Crippen molar-refractivity contribution >= 4 is 5.91 Å². The zero-order valence-electron chi connectivity index (χ0n) is 14.6. The highest BCUT2D eigenvalue weighted by Gasteiger charge is 2.37. The molecule has 2 N–H and O–H groups in total. The molecule has 0 spiro atoms. The summed E-state index contributed by atoms with van der Waals surface area (Å²) in [6.45, 7) is 5.05. The van der Waals surface area contributed by atoms with Crippen molar-refractivity contribution < 1.29 is 18.0 Å². The van der Waals surface area contributed by atoms with Gasteiger partial charge >= 0.3 is 6.18 Å². The van der Waals surface area contributed by atoms with Gasteiger partial charge in [-0.25, -0.2) is 4.68 Å². The molecule has 140 valence electrons. The molecule has 1 atom stereocenters. The van der Waals surface area contributed by atoms with E-state index >= 15 is 0 Å². The third-order valence-corrected chi connectivity index (χ3v) is 4.87. The van der Waals surface area contributed by atoms with Crippen LogP contribution in [0.25, 0.3) is 5.69 Å². The molecule has 1 saturated heterocycles. The van der Waals surface area contributed by atoms with Crippen LogP contribution in [0.5, 0.6) is 0 Å². The zero-order valence-corrected chi connectivity index (χ0v) is 14.6. The highest BCUT2D eigenvalue weighted by molar-refractivity contribution is 5.94. The van der Waals surface area contributed by atoms with Gasteiger partial charge in [0.15, 0.2) is 0 Å². The number of carbonyl (C=O) groups is 1. The molecule has 1 fully saturated rings. The van der Waals surface area contributed by atoms with Crippen molar-refractivity contribution in [3.05, 3.63) is 47.8 Å². The Labute approximate surface area is 149 Å². The molecule has 2 aromatic rings. The van der Waals surface area contributed by atoms with Crippen LogP contribution in [-0.4, -0.2) is 39.7 Å². The zero-order chi connectivity index (χ0) is 19.1. The van der Waals surface area contributed by atoms with E-state index in [1.807, 2.05) is 13.8 Å². The molecule has 2 heterocycles. The Kier molecular flexibility index (Phi) is 4.56. The molecule has 5 nitrogen and oxygen atoms in total. The van der Waals surface area contributed by atoms with Crippen LogP contribution in [0.15, 0.2) is 36.5 Å². The van der Waals surface area contributed by atoms with Gasteiger partial charge in [-0.05, 0) is 36.1 Å². The summed E-state index contributed by atoms with van der Waals surface area (Å²) in [4.78, 5) is 14.5. The Morgan fingerprint density at radius 3 is 2.69 bits per heavy atom. The maximum atomic E-state index is 13.1. The third kappa shape index (κ3) is 3.46. The number of benzene rings is 1. The largest absolute Gasteiger partial charge is 0.433 e. The maximum Gasteiger partial charge on any atom is 0.433 e. The number of hydrogen-bond acceptors (Lipinski definition) is 3. The van der Waals surface area contributed by atoms with Gasteiger partial charge in [-0.2, -0.15) is 18.3 Å². The minimum atomic E-state index is -4.52. The van der Waals surface area contributed by atoms with E-state index in [0.717, 1.165) is 16.9 Å². The van der Waals surface area contributed by atoms with Gasteiger partial charge in [0.1, 0.15) is 5.69 Å². The fraction of sp³-hybridized carbons (Fsp3) is 0.444. The van der Waals surface area contributed by atoms with Gasteiger partial charge in [-0.15, -0.1) is 0 Å². The van der Waals surface area contributed by atoms with Crippen molar-refractivity contribution in [3.63, 3.8) is 0 Å². The van der Waals surface area contributed by atoms with Crippen LogP contribution in [0.2, 0.25) is 0 Å². The number of nitrogens with zero attached hydrogens (tertiary/aromatic N) is 3. The first-order chi connectivity index (χ1) is 12.1. The first-order valence-electron chi connectivity index (χ1n) is 8.36. The molecule has 0 bridgehead atoms. The molecule has 1 aliphatic heterocycles. The lowest BCUT2D eigenvalue weighted by atomic mass is 9.79. The van der Waals surface area contributed by atoms with E-state index < -0.39 is 11.9 Å². The predicted octanol–water partition coefficient (Wildman–Crippen LogP) is 3.09. The average molecular weight is 366 g/mol. The number of amides is 1. The molecule has 1 amide bonds. The van der Waals surface area contributed by atoms with E-state index in [4.69, 9.17) is 5.73 Å². The summed E-state index contributed by atoms with van der Waals surface area (Å²) in [6.07, 6.45) is -2.74. The minimum absolute atomic E-state index is 0.0105. The second kappa shape index (κ2) is 6.42. The second-order valence-corrected chi connectivity index (χ2v) is 7.29. The van der Waals surface area contributed by atoms with Gasteiger partial charge < -0.3 is 10.6 Å². The van der Waals surface area contributed by atoms with Crippen molar-refractivity contribution in [2.45, 2.75) is 32.5 Å². The van der Waals surface area contributed by atoms with Crippen molar-refractivity contribution in [2.24, 2.45) is 11.1 Å². The number of nitrogens with two attached hydrogens (primary N) is 1. The van der Waals surface area contributed by atoms with E-state index in [1.165, 1.54) is 12.1 Å². The van der Waals surface area contributed by atoms with Gasteiger partial charge in [0, 0.05) is 24.7 Å². The number of halogens is 3. The monoisotopic (exact) mass is 366 g/mol. The Hall–Kier alpha value is -2.35. The highest BCUT2D eigenvalue weighted by atomic mass is 19.4. The third-order valence-electron chi connectivity index (χ3n) is 4.87. The normalized spacial score (nSPS) is 20.2. The molecule has 1 unspecified atom stereocenters. The Bertz CT molecular complexity index is 813. The number of piperidine rings is 1. The quantitative estimate of drug-likeness (QED) is 0.888. The van der Waals surface area contributed by atoms with Gasteiger partial charge in [-0.1, -0.05) is 19.9 Å². The minimum Gasteiger partial charge on any atom is -0.338 e. The highest BCUT2D eigenvalue weighted by Crippen LogP contribution is 2.31. The van der Waals surface area contributed by atoms with Crippen LogP contribution in [0.4, 0.5) is 13.2 Å². The number of alkyl halides is 3. The number of carbonyl (C=O) groups excluding carboxylic acids is 1. The molecule has 1 aromatic heterocycles. The second-order valence-electron chi connectivity index (χ2n) is 7.29. The van der Waals surface area contributed by atoms with Crippen molar-refractivity contribution in [1.29, 1.82) is 0 Å². The van der Waals surface area contributed by atoms with Crippen molar-refractivity contribution in [1.82, 2.24) is 14.7 Å².